The molecule has 0 N–H and O–H groups in total. The Bertz CT molecular complexity index is 1880. The van der Waals surface area contributed by atoms with Crippen molar-refractivity contribution >= 4 is 0 Å². The molecule has 0 saturated carbocycles. The minimum Gasteiger partial charge on any atom is -0.265 e. The molecule has 198 valence electrons. The van der Waals surface area contributed by atoms with Crippen LogP contribution in [0.25, 0.3) is 67.5 Å². The molecule has 0 aliphatic rings. The van der Waals surface area contributed by atoms with Crippen LogP contribution in [0.2, 0.25) is 0 Å². The number of benzene rings is 4. The van der Waals surface area contributed by atoms with Gasteiger partial charge in [0.1, 0.15) is 0 Å². The Morgan fingerprint density at radius 3 is 1.24 bits per heavy atom. The molecule has 4 aromatic carbocycles. The van der Waals surface area contributed by atoms with E-state index in [0.29, 0.717) is 17.5 Å². The Balaban J connectivity index is 1.37. The van der Waals surface area contributed by atoms with Gasteiger partial charge in [0.2, 0.25) is 0 Å². The average Bonchev–Trinajstić information content (AvgIpc) is 3.09. The molecule has 3 aromatic heterocycles. The predicted octanol–water partition coefficient (Wildman–Crippen LogP) is 8.66. The summed E-state index contributed by atoms with van der Waals surface area (Å²) in [6.07, 6.45) is 6.99. The maximum atomic E-state index is 4.92. The van der Waals surface area contributed by atoms with Crippen molar-refractivity contribution in [3.05, 3.63) is 152 Å². The summed E-state index contributed by atoms with van der Waals surface area (Å²) >= 11 is 0. The quantitative estimate of drug-likeness (QED) is 0.212. The largest absolute Gasteiger partial charge is 0.265 e. The average molecular weight is 540 g/mol. The van der Waals surface area contributed by atoms with E-state index >= 15 is 0 Å². The Labute approximate surface area is 244 Å². The van der Waals surface area contributed by atoms with Crippen molar-refractivity contribution in [2.24, 2.45) is 0 Å². The first-order valence-electron chi connectivity index (χ1n) is 13.7. The third kappa shape index (κ3) is 5.19. The van der Waals surface area contributed by atoms with E-state index in [0.717, 1.165) is 38.9 Å². The fourth-order valence-electron chi connectivity index (χ4n) is 5.03. The standard InChI is InChI=1S/C37H25N5/c1-3-7-26(8-4-1)27-11-13-29(14-12-27)33-16-15-32(25-34(33)28-9-5-2-6-10-28)37-41-35(30-17-21-38-22-18-30)40-36(42-37)31-19-23-39-24-20-31/h1-25H. The lowest BCUT2D eigenvalue weighted by Gasteiger charge is -2.14. The van der Waals surface area contributed by atoms with Crippen LogP contribution in [0.3, 0.4) is 0 Å². The van der Waals surface area contributed by atoms with Gasteiger partial charge in [0, 0.05) is 41.5 Å². The molecule has 7 aromatic rings. The van der Waals surface area contributed by atoms with E-state index in [2.05, 4.69) is 101 Å². The molecule has 0 atom stereocenters. The van der Waals surface area contributed by atoms with Crippen molar-refractivity contribution in [2.75, 3.05) is 0 Å². The summed E-state index contributed by atoms with van der Waals surface area (Å²) in [4.78, 5) is 23.0. The molecule has 7 rings (SSSR count). The minimum absolute atomic E-state index is 0.594. The second-order valence-corrected chi connectivity index (χ2v) is 9.85. The predicted molar refractivity (Wildman–Crippen MR) is 168 cm³/mol. The molecule has 5 heteroatoms. The van der Waals surface area contributed by atoms with Gasteiger partial charge in [0.25, 0.3) is 0 Å². The third-order valence-corrected chi connectivity index (χ3v) is 7.18. The van der Waals surface area contributed by atoms with Gasteiger partial charge in [0.15, 0.2) is 17.5 Å². The molecule has 0 unspecified atom stereocenters. The molecule has 0 aliphatic heterocycles. The smallest absolute Gasteiger partial charge is 0.164 e. The van der Waals surface area contributed by atoms with E-state index in [-0.39, 0.29) is 0 Å². The van der Waals surface area contributed by atoms with Crippen molar-refractivity contribution in [2.45, 2.75) is 0 Å². The van der Waals surface area contributed by atoms with Crippen LogP contribution in [-0.2, 0) is 0 Å². The summed E-state index contributed by atoms with van der Waals surface area (Å²) in [5.41, 5.74) is 9.57. The number of aromatic nitrogens is 5. The molecule has 42 heavy (non-hydrogen) atoms. The van der Waals surface area contributed by atoms with Crippen LogP contribution in [0.1, 0.15) is 0 Å². The highest BCUT2D eigenvalue weighted by atomic mass is 15.0. The molecule has 5 nitrogen and oxygen atoms in total. The van der Waals surface area contributed by atoms with E-state index in [1.165, 1.54) is 11.1 Å². The highest BCUT2D eigenvalue weighted by Gasteiger charge is 2.15. The molecular formula is C37H25N5. The van der Waals surface area contributed by atoms with Crippen LogP contribution in [0.5, 0.6) is 0 Å². The van der Waals surface area contributed by atoms with Gasteiger partial charge in [-0.15, -0.1) is 0 Å². The summed E-state index contributed by atoms with van der Waals surface area (Å²) < 4.78 is 0. The highest BCUT2D eigenvalue weighted by molar-refractivity contribution is 5.87. The Hall–Kier alpha value is -5.81. The lowest BCUT2D eigenvalue weighted by atomic mass is 9.91. The van der Waals surface area contributed by atoms with Gasteiger partial charge in [-0.05, 0) is 63.7 Å². The van der Waals surface area contributed by atoms with Crippen LogP contribution in [-0.4, -0.2) is 24.9 Å². The summed E-state index contributed by atoms with van der Waals surface area (Å²) in [7, 11) is 0. The Morgan fingerprint density at radius 2 is 0.690 bits per heavy atom. The fraction of sp³-hybridized carbons (Fsp3) is 0. The molecule has 3 heterocycles. The first kappa shape index (κ1) is 25.2. The normalized spacial score (nSPS) is 10.9. The molecule has 0 bridgehead atoms. The van der Waals surface area contributed by atoms with Gasteiger partial charge in [-0.3, -0.25) is 9.97 Å². The van der Waals surface area contributed by atoms with Crippen molar-refractivity contribution in [1.82, 2.24) is 24.9 Å². The molecule has 0 fully saturated rings. The molecule has 0 amide bonds. The van der Waals surface area contributed by atoms with Crippen LogP contribution in [0.15, 0.2) is 152 Å². The first-order chi connectivity index (χ1) is 20.8. The Kier molecular flexibility index (Phi) is 6.81. The fourth-order valence-corrected chi connectivity index (χ4v) is 5.03. The molecular weight excluding hydrogens is 514 g/mol. The molecule has 0 saturated heterocycles. The monoisotopic (exact) mass is 539 g/mol. The van der Waals surface area contributed by atoms with Gasteiger partial charge in [-0.2, -0.15) is 0 Å². The van der Waals surface area contributed by atoms with Crippen molar-refractivity contribution in [1.29, 1.82) is 0 Å². The number of rotatable bonds is 6. The number of hydrogen-bond donors (Lipinski definition) is 0. The van der Waals surface area contributed by atoms with E-state index in [4.69, 9.17) is 15.0 Å². The summed E-state index contributed by atoms with van der Waals surface area (Å²) in [6, 6.07) is 43.7. The highest BCUT2D eigenvalue weighted by Crippen LogP contribution is 2.36. The maximum absolute atomic E-state index is 4.92. The SMILES string of the molecule is c1ccc(-c2ccc(-c3ccc(-c4nc(-c5ccncc5)nc(-c5ccncc5)n4)cc3-c3ccccc3)cc2)cc1. The molecule has 0 radical (unpaired) electrons. The zero-order valence-electron chi connectivity index (χ0n) is 22.7. The topological polar surface area (TPSA) is 64.5 Å². The maximum Gasteiger partial charge on any atom is 0.164 e. The summed E-state index contributed by atoms with van der Waals surface area (Å²) in [5.74, 6) is 1.79. The zero-order chi connectivity index (χ0) is 28.1. The second kappa shape index (κ2) is 11.4. The van der Waals surface area contributed by atoms with E-state index in [9.17, 15) is 0 Å². The van der Waals surface area contributed by atoms with E-state index in [1.807, 2.05) is 36.4 Å². The van der Waals surface area contributed by atoms with Crippen LogP contribution < -0.4 is 0 Å². The second-order valence-electron chi connectivity index (χ2n) is 9.85. The van der Waals surface area contributed by atoms with Gasteiger partial charge >= 0.3 is 0 Å². The van der Waals surface area contributed by atoms with Gasteiger partial charge in [0.05, 0.1) is 0 Å². The van der Waals surface area contributed by atoms with Crippen LogP contribution in [0, 0.1) is 0 Å². The molecule has 0 aliphatic carbocycles. The van der Waals surface area contributed by atoms with Gasteiger partial charge in [-0.1, -0.05) is 97.1 Å². The minimum atomic E-state index is 0.594. The third-order valence-electron chi connectivity index (χ3n) is 7.18. The van der Waals surface area contributed by atoms with Crippen molar-refractivity contribution in [3.8, 4) is 67.5 Å². The lowest BCUT2D eigenvalue weighted by Crippen LogP contribution is -2.00. The van der Waals surface area contributed by atoms with Gasteiger partial charge < -0.3 is 0 Å². The van der Waals surface area contributed by atoms with Crippen molar-refractivity contribution in [3.63, 3.8) is 0 Å². The van der Waals surface area contributed by atoms with Crippen LogP contribution >= 0.6 is 0 Å². The Morgan fingerprint density at radius 1 is 0.286 bits per heavy atom. The zero-order valence-corrected chi connectivity index (χ0v) is 22.7. The lowest BCUT2D eigenvalue weighted by molar-refractivity contribution is 1.07. The van der Waals surface area contributed by atoms with Crippen molar-refractivity contribution < 1.29 is 0 Å². The van der Waals surface area contributed by atoms with E-state index in [1.54, 1.807) is 24.8 Å². The number of nitrogens with zero attached hydrogens (tertiary/aromatic N) is 5. The van der Waals surface area contributed by atoms with E-state index < -0.39 is 0 Å². The van der Waals surface area contributed by atoms with Gasteiger partial charge in [-0.25, -0.2) is 15.0 Å². The number of pyridine rings is 2. The number of hydrogen-bond acceptors (Lipinski definition) is 5. The molecule has 0 spiro atoms. The van der Waals surface area contributed by atoms with Crippen LogP contribution in [0.4, 0.5) is 0 Å². The summed E-state index contributed by atoms with van der Waals surface area (Å²) in [6.45, 7) is 0. The summed E-state index contributed by atoms with van der Waals surface area (Å²) in [5, 5.41) is 0. The first-order valence-corrected chi connectivity index (χ1v) is 13.7.